The van der Waals surface area contributed by atoms with Gasteiger partial charge in [0.25, 0.3) is 0 Å². The van der Waals surface area contributed by atoms with E-state index >= 15 is 0 Å². The summed E-state index contributed by atoms with van der Waals surface area (Å²) in [5, 5.41) is 3.02. The summed E-state index contributed by atoms with van der Waals surface area (Å²) < 4.78 is 13.0. The molecule has 0 saturated carbocycles. The van der Waals surface area contributed by atoms with Crippen LogP contribution in [0, 0.1) is 5.82 Å². The fraction of sp³-hybridized carbons (Fsp3) is 0.588. The van der Waals surface area contributed by atoms with Gasteiger partial charge in [-0.2, -0.15) is 0 Å². The van der Waals surface area contributed by atoms with Crippen LogP contribution in [0.2, 0.25) is 0 Å². The summed E-state index contributed by atoms with van der Waals surface area (Å²) in [6.07, 6.45) is 0.705. The predicted molar refractivity (Wildman–Crippen MR) is 84.8 cm³/mol. The first-order chi connectivity index (χ1) is 10.0. The van der Waals surface area contributed by atoms with Crippen molar-refractivity contribution >= 4 is 5.91 Å². The zero-order chi connectivity index (χ0) is 15.8. The first kappa shape index (κ1) is 17.6. The molecule has 0 aromatic heterocycles. The van der Waals surface area contributed by atoms with Crippen LogP contribution >= 0.6 is 0 Å². The molecule has 0 aliphatic rings. The molecule has 0 aliphatic heterocycles. The maximum absolute atomic E-state index is 13.0. The molecule has 2 atom stereocenters. The number of hydrogen-bond donors (Lipinski definition) is 1. The van der Waals surface area contributed by atoms with Crippen LogP contribution in [0.1, 0.15) is 45.6 Å². The van der Waals surface area contributed by atoms with E-state index in [1.54, 1.807) is 12.1 Å². The topological polar surface area (TPSA) is 32.3 Å². The number of nitrogens with zero attached hydrogens (tertiary/aromatic N) is 1. The summed E-state index contributed by atoms with van der Waals surface area (Å²) in [7, 11) is 0. The molecule has 0 radical (unpaired) electrons. The molecule has 3 nitrogen and oxygen atoms in total. The number of likely N-dealkylation sites (N-methyl/N-ethyl adjacent to an activating group) is 1. The van der Waals surface area contributed by atoms with Crippen molar-refractivity contribution in [3.63, 3.8) is 0 Å². The Kier molecular flexibility index (Phi) is 7.37. The van der Waals surface area contributed by atoms with Crippen molar-refractivity contribution in [2.45, 2.75) is 46.1 Å². The molecule has 2 unspecified atom stereocenters. The van der Waals surface area contributed by atoms with E-state index in [1.165, 1.54) is 12.1 Å². The molecule has 1 rings (SSSR count). The normalized spacial score (nSPS) is 14.0. The molecule has 21 heavy (non-hydrogen) atoms. The van der Waals surface area contributed by atoms with Crippen molar-refractivity contribution in [1.82, 2.24) is 10.2 Å². The van der Waals surface area contributed by atoms with Crippen LogP contribution in [0.5, 0.6) is 0 Å². The van der Waals surface area contributed by atoms with Gasteiger partial charge in [-0.15, -0.1) is 0 Å². The molecule has 1 amide bonds. The molecule has 0 bridgehead atoms. The predicted octanol–water partition coefficient (Wildman–Crippen LogP) is 3.17. The summed E-state index contributed by atoms with van der Waals surface area (Å²) in [5.74, 6) is -0.471. The largest absolute Gasteiger partial charge is 0.354 e. The highest BCUT2D eigenvalue weighted by atomic mass is 19.1. The summed E-state index contributed by atoms with van der Waals surface area (Å²) in [5.41, 5.74) is 0.867. The highest BCUT2D eigenvalue weighted by Gasteiger charge is 2.19. The zero-order valence-corrected chi connectivity index (χ0v) is 13.5. The second-order valence-corrected chi connectivity index (χ2v) is 5.33. The van der Waals surface area contributed by atoms with Crippen molar-refractivity contribution in [1.29, 1.82) is 0 Å². The maximum Gasteiger partial charge on any atom is 0.227 e. The smallest absolute Gasteiger partial charge is 0.227 e. The molecule has 0 fully saturated rings. The standard InChI is InChI=1S/C17H27FN2O/c1-5-16(14-8-10-15(18)11-9-14)17(21)19-12-13(4)20(6-2)7-3/h8-11,13,16H,5-7,12H2,1-4H3,(H,19,21). The van der Waals surface area contributed by atoms with Crippen molar-refractivity contribution in [3.05, 3.63) is 35.6 Å². The third-order valence-corrected chi connectivity index (χ3v) is 4.00. The Morgan fingerprint density at radius 2 is 1.76 bits per heavy atom. The van der Waals surface area contributed by atoms with E-state index in [-0.39, 0.29) is 17.6 Å². The Bertz CT molecular complexity index is 429. The molecule has 1 aromatic carbocycles. The fourth-order valence-corrected chi connectivity index (χ4v) is 2.62. The van der Waals surface area contributed by atoms with E-state index < -0.39 is 0 Å². The second kappa shape index (κ2) is 8.78. The number of carbonyl (C=O) groups is 1. The molecular formula is C17H27FN2O. The Morgan fingerprint density at radius 3 is 2.24 bits per heavy atom. The van der Waals surface area contributed by atoms with E-state index in [9.17, 15) is 9.18 Å². The van der Waals surface area contributed by atoms with Crippen LogP contribution < -0.4 is 5.32 Å². The quantitative estimate of drug-likeness (QED) is 0.798. The number of nitrogens with one attached hydrogen (secondary N) is 1. The Balaban J connectivity index is 2.61. The lowest BCUT2D eigenvalue weighted by atomic mass is 9.95. The van der Waals surface area contributed by atoms with Gasteiger partial charge in [-0.1, -0.05) is 32.9 Å². The number of hydrogen-bond acceptors (Lipinski definition) is 2. The minimum Gasteiger partial charge on any atom is -0.354 e. The van der Waals surface area contributed by atoms with Gasteiger partial charge in [0.2, 0.25) is 5.91 Å². The van der Waals surface area contributed by atoms with Crippen LogP contribution in [0.25, 0.3) is 0 Å². The summed E-state index contributed by atoms with van der Waals surface area (Å²) in [6.45, 7) is 10.9. The van der Waals surface area contributed by atoms with Gasteiger partial charge in [-0.25, -0.2) is 4.39 Å². The first-order valence-corrected chi connectivity index (χ1v) is 7.80. The van der Waals surface area contributed by atoms with Gasteiger partial charge in [0.1, 0.15) is 5.82 Å². The van der Waals surface area contributed by atoms with Crippen molar-refractivity contribution in [2.24, 2.45) is 0 Å². The van der Waals surface area contributed by atoms with Gasteiger partial charge in [0.15, 0.2) is 0 Å². The molecule has 1 aromatic rings. The monoisotopic (exact) mass is 294 g/mol. The number of rotatable bonds is 8. The van der Waals surface area contributed by atoms with E-state index in [2.05, 4.69) is 31.0 Å². The van der Waals surface area contributed by atoms with Gasteiger partial charge >= 0.3 is 0 Å². The lowest BCUT2D eigenvalue weighted by molar-refractivity contribution is -0.122. The van der Waals surface area contributed by atoms with Crippen LogP contribution in [-0.2, 0) is 4.79 Å². The maximum atomic E-state index is 13.0. The lowest BCUT2D eigenvalue weighted by Crippen LogP contribution is -2.43. The Labute approximate surface area is 127 Å². The van der Waals surface area contributed by atoms with Gasteiger partial charge in [-0.3, -0.25) is 9.69 Å². The van der Waals surface area contributed by atoms with E-state index in [0.717, 1.165) is 18.7 Å². The van der Waals surface area contributed by atoms with E-state index in [1.807, 2.05) is 6.92 Å². The number of halogens is 1. The van der Waals surface area contributed by atoms with Gasteiger partial charge in [0.05, 0.1) is 5.92 Å². The molecule has 0 saturated heterocycles. The number of amides is 1. The van der Waals surface area contributed by atoms with Crippen LogP contribution in [0.4, 0.5) is 4.39 Å². The van der Waals surface area contributed by atoms with Gasteiger partial charge in [-0.05, 0) is 44.1 Å². The lowest BCUT2D eigenvalue weighted by Gasteiger charge is -2.27. The van der Waals surface area contributed by atoms with E-state index in [0.29, 0.717) is 19.0 Å². The minimum atomic E-state index is -0.274. The Morgan fingerprint density at radius 1 is 1.19 bits per heavy atom. The minimum absolute atomic E-state index is 0.0168. The number of benzene rings is 1. The molecule has 0 spiro atoms. The molecule has 0 aliphatic carbocycles. The van der Waals surface area contributed by atoms with Crippen LogP contribution in [0.15, 0.2) is 24.3 Å². The fourth-order valence-electron chi connectivity index (χ4n) is 2.62. The zero-order valence-electron chi connectivity index (χ0n) is 13.5. The van der Waals surface area contributed by atoms with Crippen LogP contribution in [0.3, 0.4) is 0 Å². The number of carbonyl (C=O) groups excluding carboxylic acids is 1. The Hall–Kier alpha value is -1.42. The highest BCUT2D eigenvalue weighted by Crippen LogP contribution is 2.20. The highest BCUT2D eigenvalue weighted by molar-refractivity contribution is 5.83. The molecule has 1 N–H and O–H groups in total. The van der Waals surface area contributed by atoms with Crippen molar-refractivity contribution in [2.75, 3.05) is 19.6 Å². The first-order valence-electron chi connectivity index (χ1n) is 7.80. The molecule has 0 heterocycles. The average Bonchev–Trinajstić information content (AvgIpc) is 2.49. The summed E-state index contributed by atoms with van der Waals surface area (Å²) in [6, 6.07) is 6.51. The van der Waals surface area contributed by atoms with E-state index in [4.69, 9.17) is 0 Å². The summed E-state index contributed by atoms with van der Waals surface area (Å²) in [4.78, 5) is 14.6. The molecule has 4 heteroatoms. The average molecular weight is 294 g/mol. The van der Waals surface area contributed by atoms with Gasteiger partial charge in [0, 0.05) is 12.6 Å². The van der Waals surface area contributed by atoms with Crippen molar-refractivity contribution in [3.8, 4) is 0 Å². The second-order valence-electron chi connectivity index (χ2n) is 5.33. The van der Waals surface area contributed by atoms with Crippen molar-refractivity contribution < 1.29 is 9.18 Å². The van der Waals surface area contributed by atoms with Gasteiger partial charge < -0.3 is 5.32 Å². The van der Waals surface area contributed by atoms with Crippen LogP contribution in [-0.4, -0.2) is 36.5 Å². The SMILES string of the molecule is CCC(C(=O)NCC(C)N(CC)CC)c1ccc(F)cc1. The molecule has 118 valence electrons. The third-order valence-electron chi connectivity index (χ3n) is 4.00. The summed E-state index contributed by atoms with van der Waals surface area (Å²) >= 11 is 0. The third kappa shape index (κ3) is 5.12. The molecular weight excluding hydrogens is 267 g/mol.